The molecule has 0 saturated carbocycles. The van der Waals surface area contributed by atoms with Crippen LogP contribution in [0.4, 0.5) is 0 Å². The smallest absolute Gasteiger partial charge is 0.363 e. The predicted molar refractivity (Wildman–Crippen MR) is 138 cm³/mol. The third kappa shape index (κ3) is 5.81. The second-order valence-electron chi connectivity index (χ2n) is 7.31. The van der Waals surface area contributed by atoms with Gasteiger partial charge < -0.3 is 14.2 Å². The first-order chi connectivity index (χ1) is 16.4. The summed E-state index contributed by atoms with van der Waals surface area (Å²) in [5.74, 6) is 0.723. The van der Waals surface area contributed by atoms with Gasteiger partial charge in [0, 0.05) is 11.4 Å². The molecule has 0 fully saturated rings. The summed E-state index contributed by atoms with van der Waals surface area (Å²) in [4.78, 5) is 16.8. The van der Waals surface area contributed by atoms with Gasteiger partial charge in [0.15, 0.2) is 17.2 Å². The van der Waals surface area contributed by atoms with E-state index < -0.39 is 5.97 Å². The minimum atomic E-state index is -0.571. The van der Waals surface area contributed by atoms with E-state index in [4.69, 9.17) is 37.4 Å². The van der Waals surface area contributed by atoms with Crippen molar-refractivity contribution >= 4 is 57.1 Å². The summed E-state index contributed by atoms with van der Waals surface area (Å²) in [6, 6.07) is 18.6. The highest BCUT2D eigenvalue weighted by molar-refractivity contribution is 9.10. The predicted octanol–water partition coefficient (Wildman–Crippen LogP) is 7.12. The molecule has 0 saturated heterocycles. The third-order valence-electron chi connectivity index (χ3n) is 4.90. The second-order valence-corrected chi connectivity index (χ2v) is 9.01. The Labute approximate surface area is 216 Å². The summed E-state index contributed by atoms with van der Waals surface area (Å²) in [6.45, 7) is 2.85. The van der Waals surface area contributed by atoms with Crippen molar-refractivity contribution in [2.24, 2.45) is 4.99 Å². The fourth-order valence-corrected chi connectivity index (χ4v) is 4.40. The van der Waals surface area contributed by atoms with E-state index in [1.54, 1.807) is 30.3 Å². The molecular formula is C26H20BrCl2NO4. The molecule has 34 heavy (non-hydrogen) atoms. The fraction of sp³-hybridized carbons (Fsp3) is 0.154. The molecule has 0 bridgehead atoms. The quantitative estimate of drug-likeness (QED) is 0.217. The Bertz CT molecular complexity index is 1280. The van der Waals surface area contributed by atoms with E-state index >= 15 is 0 Å². The molecular weight excluding hydrogens is 541 g/mol. The number of benzene rings is 3. The van der Waals surface area contributed by atoms with Crippen molar-refractivity contribution in [1.82, 2.24) is 0 Å². The van der Waals surface area contributed by atoms with Crippen molar-refractivity contribution in [2.45, 2.75) is 13.3 Å². The lowest BCUT2D eigenvalue weighted by molar-refractivity contribution is -0.129. The van der Waals surface area contributed by atoms with Crippen LogP contribution in [0.5, 0.6) is 11.5 Å². The molecule has 4 rings (SSSR count). The minimum Gasteiger partial charge on any atom is -0.490 e. The van der Waals surface area contributed by atoms with Crippen LogP contribution in [0, 0.1) is 0 Å². The summed E-state index contributed by atoms with van der Waals surface area (Å²) < 4.78 is 17.9. The Morgan fingerprint density at radius 2 is 1.85 bits per heavy atom. The number of hydrogen-bond acceptors (Lipinski definition) is 5. The topological polar surface area (TPSA) is 57.1 Å². The number of esters is 1. The highest BCUT2D eigenvalue weighted by atomic mass is 79.9. The fourth-order valence-electron chi connectivity index (χ4n) is 3.34. The van der Waals surface area contributed by atoms with Crippen molar-refractivity contribution < 1.29 is 19.0 Å². The molecule has 1 aliphatic heterocycles. The van der Waals surface area contributed by atoms with Gasteiger partial charge in [-0.1, -0.05) is 53.5 Å². The minimum absolute atomic E-state index is 0.128. The first-order valence-electron chi connectivity index (χ1n) is 10.6. The Hall–Kier alpha value is -2.80. The van der Waals surface area contributed by atoms with E-state index in [2.05, 4.69) is 33.1 Å². The first-order valence-corrected chi connectivity index (χ1v) is 12.1. The molecule has 3 aromatic rings. The lowest BCUT2D eigenvalue weighted by Crippen LogP contribution is -2.06. The van der Waals surface area contributed by atoms with E-state index in [-0.39, 0.29) is 11.6 Å². The average Bonchev–Trinajstić information content (AvgIpc) is 3.16. The van der Waals surface area contributed by atoms with Crippen molar-refractivity contribution in [1.29, 1.82) is 0 Å². The first kappa shape index (κ1) is 24.3. The number of ether oxygens (including phenoxy) is 3. The zero-order valence-corrected chi connectivity index (χ0v) is 21.3. The van der Waals surface area contributed by atoms with Gasteiger partial charge in [-0.2, -0.15) is 0 Å². The standard InChI is InChI=1S/C26H20BrCl2NO4/c1-2-32-23-14-17(12-20(27)24(23)33-11-10-16-6-4-3-5-7-16)13-22-26(31)34-25(30-22)19-9-8-18(28)15-21(19)29/h3-9,12-15H,2,10-11H2,1H3/b22-13-. The number of hydrogen-bond donors (Lipinski definition) is 0. The average molecular weight is 561 g/mol. The molecule has 0 N–H and O–H groups in total. The van der Waals surface area contributed by atoms with Gasteiger partial charge in [-0.05, 0) is 70.4 Å². The normalized spacial score (nSPS) is 14.2. The number of halogens is 3. The monoisotopic (exact) mass is 559 g/mol. The molecule has 8 heteroatoms. The zero-order valence-electron chi connectivity index (χ0n) is 18.2. The highest BCUT2D eigenvalue weighted by Crippen LogP contribution is 2.38. The van der Waals surface area contributed by atoms with Crippen LogP contribution in [0.1, 0.15) is 23.6 Å². The van der Waals surface area contributed by atoms with Gasteiger partial charge in [-0.3, -0.25) is 0 Å². The Kier molecular flexibility index (Phi) is 7.93. The van der Waals surface area contributed by atoms with E-state index in [1.165, 1.54) is 5.56 Å². The van der Waals surface area contributed by atoms with Crippen LogP contribution in [0.3, 0.4) is 0 Å². The summed E-state index contributed by atoms with van der Waals surface area (Å²) in [6.07, 6.45) is 2.39. The number of carbonyl (C=O) groups is 1. The van der Waals surface area contributed by atoms with Crippen molar-refractivity contribution in [2.75, 3.05) is 13.2 Å². The highest BCUT2D eigenvalue weighted by Gasteiger charge is 2.26. The Balaban J connectivity index is 1.57. The van der Waals surface area contributed by atoms with E-state index in [0.29, 0.717) is 50.4 Å². The van der Waals surface area contributed by atoms with Gasteiger partial charge in [-0.25, -0.2) is 9.79 Å². The maximum atomic E-state index is 12.4. The lowest BCUT2D eigenvalue weighted by Gasteiger charge is -2.15. The van der Waals surface area contributed by atoms with Crippen LogP contribution < -0.4 is 9.47 Å². The van der Waals surface area contributed by atoms with Gasteiger partial charge >= 0.3 is 5.97 Å². The number of rotatable bonds is 8. The van der Waals surface area contributed by atoms with Crippen molar-refractivity contribution in [3.63, 3.8) is 0 Å². The van der Waals surface area contributed by atoms with Gasteiger partial charge in [0.05, 0.1) is 28.3 Å². The molecule has 0 atom stereocenters. The molecule has 0 aliphatic carbocycles. The lowest BCUT2D eigenvalue weighted by atomic mass is 10.1. The van der Waals surface area contributed by atoms with Crippen LogP contribution >= 0.6 is 39.1 Å². The van der Waals surface area contributed by atoms with Crippen LogP contribution in [0.25, 0.3) is 6.08 Å². The van der Waals surface area contributed by atoms with Crippen LogP contribution in [0.15, 0.2) is 75.8 Å². The van der Waals surface area contributed by atoms with Gasteiger partial charge in [0.1, 0.15) is 0 Å². The van der Waals surface area contributed by atoms with E-state index in [1.807, 2.05) is 31.2 Å². The maximum Gasteiger partial charge on any atom is 0.363 e. The molecule has 0 spiro atoms. The maximum absolute atomic E-state index is 12.4. The Morgan fingerprint density at radius 3 is 2.59 bits per heavy atom. The summed E-state index contributed by atoms with van der Waals surface area (Å²) >= 11 is 15.7. The molecule has 3 aromatic carbocycles. The summed E-state index contributed by atoms with van der Waals surface area (Å²) in [7, 11) is 0. The molecule has 0 amide bonds. The molecule has 1 aliphatic rings. The van der Waals surface area contributed by atoms with Crippen LogP contribution in [-0.2, 0) is 16.0 Å². The zero-order chi connectivity index (χ0) is 24.1. The van der Waals surface area contributed by atoms with Crippen LogP contribution in [0.2, 0.25) is 10.0 Å². The number of aliphatic imine (C=N–C) groups is 1. The van der Waals surface area contributed by atoms with E-state index in [9.17, 15) is 4.79 Å². The Morgan fingerprint density at radius 1 is 1.06 bits per heavy atom. The molecule has 0 aromatic heterocycles. The van der Waals surface area contributed by atoms with E-state index in [0.717, 1.165) is 6.42 Å². The van der Waals surface area contributed by atoms with Crippen LogP contribution in [-0.4, -0.2) is 25.1 Å². The summed E-state index contributed by atoms with van der Waals surface area (Å²) in [5, 5.41) is 0.826. The number of cyclic esters (lactones) is 1. The number of carbonyl (C=O) groups excluding carboxylic acids is 1. The number of nitrogens with zero attached hydrogens (tertiary/aromatic N) is 1. The molecule has 174 valence electrons. The summed E-state index contributed by atoms with van der Waals surface area (Å²) in [5.41, 5.74) is 2.52. The van der Waals surface area contributed by atoms with Gasteiger partial charge in [0.2, 0.25) is 5.90 Å². The SMILES string of the molecule is CCOc1cc(/C=C2\N=C(c3ccc(Cl)cc3Cl)OC2=O)cc(Br)c1OCCc1ccccc1. The second kappa shape index (κ2) is 11.1. The van der Waals surface area contributed by atoms with Crippen molar-refractivity contribution in [3.05, 3.63) is 97.6 Å². The molecule has 0 radical (unpaired) electrons. The van der Waals surface area contributed by atoms with Gasteiger partial charge in [0.25, 0.3) is 0 Å². The van der Waals surface area contributed by atoms with Gasteiger partial charge in [-0.15, -0.1) is 0 Å². The molecule has 1 heterocycles. The molecule has 5 nitrogen and oxygen atoms in total. The van der Waals surface area contributed by atoms with Crippen molar-refractivity contribution in [3.8, 4) is 11.5 Å². The third-order valence-corrected chi connectivity index (χ3v) is 6.03. The molecule has 0 unspecified atom stereocenters. The largest absolute Gasteiger partial charge is 0.490 e.